The van der Waals surface area contributed by atoms with Crippen LogP contribution in [0, 0.1) is 0 Å². The number of hydrogen-bond donors (Lipinski definition) is 1. The van der Waals surface area contributed by atoms with Crippen LogP contribution in [-0.4, -0.2) is 18.1 Å². The van der Waals surface area contributed by atoms with Gasteiger partial charge in [-0.1, -0.05) is 24.3 Å². The molecule has 0 bridgehead atoms. The van der Waals surface area contributed by atoms with E-state index in [1.165, 1.54) is 6.07 Å². The van der Waals surface area contributed by atoms with Crippen LogP contribution in [0.15, 0.2) is 24.3 Å². The highest BCUT2D eigenvalue weighted by atomic mass is 19.4. The van der Waals surface area contributed by atoms with Gasteiger partial charge >= 0.3 is 12.1 Å². The molecule has 102 valence electrons. The number of benzene rings is 1. The molecule has 1 amide bonds. The summed E-state index contributed by atoms with van der Waals surface area (Å²) in [6, 6.07) is 6.32. The maximum atomic E-state index is 12.3. The number of aryl methyl sites for hydroxylation is 1. The molecule has 0 saturated carbocycles. The zero-order valence-electron chi connectivity index (χ0n) is 9.66. The highest BCUT2D eigenvalue weighted by Crippen LogP contribution is 2.41. The molecule has 2 N–H and O–H groups in total. The van der Waals surface area contributed by atoms with Crippen molar-refractivity contribution in [3.05, 3.63) is 35.4 Å². The molecule has 1 unspecified atom stereocenters. The fourth-order valence-corrected chi connectivity index (χ4v) is 2.21. The predicted octanol–water partition coefficient (Wildman–Crippen LogP) is 1.42. The van der Waals surface area contributed by atoms with Crippen LogP contribution in [0.1, 0.15) is 17.5 Å². The summed E-state index contributed by atoms with van der Waals surface area (Å²) in [6.45, 7) is 0. The van der Waals surface area contributed by atoms with Gasteiger partial charge in [-0.15, -0.1) is 0 Å². The number of amides is 1. The number of nitrogens with two attached hydrogens (primary N) is 1. The Morgan fingerprint density at radius 1 is 1.26 bits per heavy atom. The summed E-state index contributed by atoms with van der Waals surface area (Å²) < 4.78 is 41.3. The Bertz CT molecular complexity index is 541. The molecule has 0 aliphatic heterocycles. The van der Waals surface area contributed by atoms with E-state index in [0.29, 0.717) is 12.0 Å². The van der Waals surface area contributed by atoms with Crippen molar-refractivity contribution in [3.63, 3.8) is 0 Å². The van der Waals surface area contributed by atoms with Crippen LogP contribution in [0.5, 0.6) is 0 Å². The van der Waals surface area contributed by atoms with Crippen molar-refractivity contribution in [2.24, 2.45) is 5.73 Å². The maximum Gasteiger partial charge on any atom is 0.490 e. The first-order valence-corrected chi connectivity index (χ1v) is 5.46. The average Bonchev–Trinajstić information content (AvgIpc) is 2.69. The summed E-state index contributed by atoms with van der Waals surface area (Å²) in [4.78, 5) is 22.5. The monoisotopic (exact) mass is 273 g/mol. The molecule has 0 fully saturated rings. The Morgan fingerprint density at radius 2 is 1.89 bits per heavy atom. The molecule has 0 heterocycles. The molecular formula is C12H10F3NO3. The highest BCUT2D eigenvalue weighted by molar-refractivity contribution is 5.90. The van der Waals surface area contributed by atoms with Crippen LogP contribution < -0.4 is 5.73 Å². The number of halogens is 3. The molecule has 0 spiro atoms. The molecule has 7 heteroatoms. The second kappa shape index (κ2) is 4.25. The van der Waals surface area contributed by atoms with Crippen molar-refractivity contribution in [2.45, 2.75) is 24.6 Å². The van der Waals surface area contributed by atoms with Crippen molar-refractivity contribution in [3.8, 4) is 0 Å². The summed E-state index contributed by atoms with van der Waals surface area (Å²) in [7, 11) is 0. The summed E-state index contributed by atoms with van der Waals surface area (Å²) in [5, 5.41) is 0. The SMILES string of the molecule is NC(=O)C1(OC(=O)C(F)(F)F)CCc2ccccc21. The molecule has 4 nitrogen and oxygen atoms in total. The third-order valence-corrected chi connectivity index (χ3v) is 3.10. The average molecular weight is 273 g/mol. The molecule has 1 aliphatic carbocycles. The minimum absolute atomic E-state index is 0.0799. The molecular weight excluding hydrogens is 263 g/mol. The number of hydrogen-bond acceptors (Lipinski definition) is 3. The normalized spacial score (nSPS) is 21.8. The summed E-state index contributed by atoms with van der Waals surface area (Å²) in [6.07, 6.45) is -4.92. The molecule has 1 atom stereocenters. The number of esters is 1. The van der Waals surface area contributed by atoms with E-state index in [4.69, 9.17) is 5.73 Å². The van der Waals surface area contributed by atoms with Crippen LogP contribution >= 0.6 is 0 Å². The van der Waals surface area contributed by atoms with Gasteiger partial charge in [-0.05, 0) is 12.0 Å². The first kappa shape index (κ1) is 13.4. The van der Waals surface area contributed by atoms with Gasteiger partial charge in [0.1, 0.15) is 0 Å². The first-order valence-electron chi connectivity index (χ1n) is 5.46. The van der Waals surface area contributed by atoms with Gasteiger partial charge in [0.25, 0.3) is 5.91 Å². The van der Waals surface area contributed by atoms with Crippen LogP contribution in [0.25, 0.3) is 0 Å². The maximum absolute atomic E-state index is 12.3. The molecule has 0 aromatic heterocycles. The summed E-state index contributed by atoms with van der Waals surface area (Å²) in [5.41, 5.74) is 4.00. The van der Waals surface area contributed by atoms with E-state index < -0.39 is 23.7 Å². The lowest BCUT2D eigenvalue weighted by atomic mass is 9.95. The number of carbonyl (C=O) groups excluding carboxylic acids is 2. The standard InChI is InChI=1S/C12H10F3NO3/c13-12(14,15)10(18)19-11(9(16)17)6-5-7-3-1-2-4-8(7)11/h1-4H,5-6H2,(H2,16,17). The van der Waals surface area contributed by atoms with Crippen LogP contribution in [0.4, 0.5) is 13.2 Å². The predicted molar refractivity (Wildman–Crippen MR) is 57.8 cm³/mol. The molecule has 2 rings (SSSR count). The van der Waals surface area contributed by atoms with Gasteiger partial charge in [0, 0.05) is 12.0 Å². The summed E-state index contributed by atoms with van der Waals surface area (Å²) >= 11 is 0. The number of fused-ring (bicyclic) bond motifs is 1. The highest BCUT2D eigenvalue weighted by Gasteiger charge is 2.52. The van der Waals surface area contributed by atoms with E-state index in [1.54, 1.807) is 18.2 Å². The Labute approximate surface area is 106 Å². The number of alkyl halides is 3. The third-order valence-electron chi connectivity index (χ3n) is 3.10. The third kappa shape index (κ3) is 2.16. The van der Waals surface area contributed by atoms with Gasteiger partial charge in [-0.2, -0.15) is 13.2 Å². The van der Waals surface area contributed by atoms with Gasteiger partial charge in [-0.25, -0.2) is 4.79 Å². The second-order valence-electron chi connectivity index (χ2n) is 4.24. The Balaban J connectivity index is 2.43. The number of ether oxygens (including phenoxy) is 1. The molecule has 0 saturated heterocycles. The number of carbonyl (C=O) groups is 2. The van der Waals surface area contributed by atoms with Crippen LogP contribution in [0.2, 0.25) is 0 Å². The molecule has 1 aliphatic rings. The van der Waals surface area contributed by atoms with Crippen molar-refractivity contribution >= 4 is 11.9 Å². The molecule has 0 radical (unpaired) electrons. The molecule has 1 aromatic carbocycles. The lowest BCUT2D eigenvalue weighted by Gasteiger charge is -2.27. The summed E-state index contributed by atoms with van der Waals surface area (Å²) in [5.74, 6) is -3.52. The van der Waals surface area contributed by atoms with Crippen molar-refractivity contribution in [2.75, 3.05) is 0 Å². The van der Waals surface area contributed by atoms with Gasteiger partial charge in [0.05, 0.1) is 0 Å². The van der Waals surface area contributed by atoms with Crippen LogP contribution in [0.3, 0.4) is 0 Å². The van der Waals surface area contributed by atoms with Crippen molar-refractivity contribution in [1.82, 2.24) is 0 Å². The smallest absolute Gasteiger partial charge is 0.437 e. The van der Waals surface area contributed by atoms with Crippen molar-refractivity contribution < 1.29 is 27.5 Å². The topological polar surface area (TPSA) is 69.4 Å². The van der Waals surface area contributed by atoms with Crippen LogP contribution in [-0.2, 0) is 26.3 Å². The fraction of sp³-hybridized carbons (Fsp3) is 0.333. The van der Waals surface area contributed by atoms with Gasteiger partial charge in [0.15, 0.2) is 0 Å². The van der Waals surface area contributed by atoms with Gasteiger partial charge < -0.3 is 10.5 Å². The number of rotatable bonds is 2. The van der Waals surface area contributed by atoms with Gasteiger partial charge in [-0.3, -0.25) is 4.79 Å². The van der Waals surface area contributed by atoms with E-state index in [1.807, 2.05) is 0 Å². The van der Waals surface area contributed by atoms with Crippen molar-refractivity contribution in [1.29, 1.82) is 0 Å². The van der Waals surface area contributed by atoms with E-state index in [2.05, 4.69) is 4.74 Å². The van der Waals surface area contributed by atoms with Gasteiger partial charge in [0.2, 0.25) is 5.60 Å². The lowest BCUT2D eigenvalue weighted by Crippen LogP contribution is -2.46. The van der Waals surface area contributed by atoms with E-state index >= 15 is 0 Å². The molecule has 1 aromatic rings. The molecule has 19 heavy (non-hydrogen) atoms. The second-order valence-corrected chi connectivity index (χ2v) is 4.24. The van der Waals surface area contributed by atoms with E-state index in [0.717, 1.165) is 0 Å². The fourth-order valence-electron chi connectivity index (χ4n) is 2.21. The Hall–Kier alpha value is -2.05. The van der Waals surface area contributed by atoms with E-state index in [9.17, 15) is 22.8 Å². The zero-order chi connectivity index (χ0) is 14.3. The first-order chi connectivity index (χ1) is 8.77. The quantitative estimate of drug-likeness (QED) is 0.828. The largest absolute Gasteiger partial charge is 0.490 e. The minimum atomic E-state index is -5.17. The zero-order valence-corrected chi connectivity index (χ0v) is 9.66. The Kier molecular flexibility index (Phi) is 3.00. The minimum Gasteiger partial charge on any atom is -0.437 e. The Morgan fingerprint density at radius 3 is 2.47 bits per heavy atom. The number of primary amides is 1. The lowest BCUT2D eigenvalue weighted by molar-refractivity contribution is -0.215. The van der Waals surface area contributed by atoms with E-state index in [-0.39, 0.29) is 12.0 Å².